The van der Waals surface area contributed by atoms with E-state index in [1.807, 2.05) is 12.1 Å². The van der Waals surface area contributed by atoms with Crippen molar-refractivity contribution in [3.05, 3.63) is 54.6 Å². The van der Waals surface area contributed by atoms with Crippen molar-refractivity contribution in [1.29, 1.82) is 0 Å². The molecule has 1 aliphatic rings. The lowest BCUT2D eigenvalue weighted by Gasteiger charge is -2.15. The molecule has 3 amide bonds. The quantitative estimate of drug-likeness (QED) is 0.915. The maximum atomic E-state index is 11.9. The van der Waals surface area contributed by atoms with E-state index in [1.54, 1.807) is 47.4 Å². The minimum atomic E-state index is -0.575. The molecule has 6 nitrogen and oxygen atoms in total. The Morgan fingerprint density at radius 2 is 1.95 bits per heavy atom. The van der Waals surface area contributed by atoms with Crippen LogP contribution in [0.25, 0.3) is 0 Å². The zero-order valence-electron chi connectivity index (χ0n) is 11.8. The summed E-state index contributed by atoms with van der Waals surface area (Å²) in [5, 5.41) is 5.39. The van der Waals surface area contributed by atoms with Crippen LogP contribution in [0, 0.1) is 0 Å². The third kappa shape index (κ3) is 3.17. The van der Waals surface area contributed by atoms with E-state index in [1.165, 1.54) is 0 Å². The molecule has 0 atom stereocenters. The summed E-state index contributed by atoms with van der Waals surface area (Å²) in [6.45, 7) is 1.23. The Labute approximate surface area is 127 Å². The summed E-state index contributed by atoms with van der Waals surface area (Å²) >= 11 is 0. The summed E-state index contributed by atoms with van der Waals surface area (Å²) < 4.78 is 5.16. The number of benzene rings is 2. The molecule has 0 unspecified atom stereocenters. The van der Waals surface area contributed by atoms with E-state index >= 15 is 0 Å². The highest BCUT2D eigenvalue weighted by molar-refractivity contribution is 5.95. The number of anilines is 2. The number of nitrogens with zero attached hydrogens (tertiary/aromatic N) is 1. The fourth-order valence-corrected chi connectivity index (χ4v) is 2.21. The molecule has 2 aromatic rings. The SMILES string of the molecule is O=C(Nc1cccc(N2CCNC2=O)c1)Oc1ccccc1. The smallest absolute Gasteiger partial charge is 0.410 e. The van der Waals surface area contributed by atoms with Crippen LogP contribution in [-0.2, 0) is 0 Å². The van der Waals surface area contributed by atoms with Gasteiger partial charge in [-0.2, -0.15) is 0 Å². The van der Waals surface area contributed by atoms with Crippen LogP contribution >= 0.6 is 0 Å². The van der Waals surface area contributed by atoms with Crippen LogP contribution < -0.4 is 20.3 Å². The first kappa shape index (κ1) is 13.9. The lowest BCUT2D eigenvalue weighted by atomic mass is 10.2. The van der Waals surface area contributed by atoms with Gasteiger partial charge in [-0.15, -0.1) is 0 Å². The molecule has 0 bridgehead atoms. The maximum Gasteiger partial charge on any atom is 0.417 e. The van der Waals surface area contributed by atoms with E-state index in [2.05, 4.69) is 10.6 Å². The number of carbonyl (C=O) groups excluding carboxylic acids is 2. The zero-order valence-corrected chi connectivity index (χ0v) is 11.8. The van der Waals surface area contributed by atoms with Gasteiger partial charge in [0.05, 0.1) is 0 Å². The van der Waals surface area contributed by atoms with Gasteiger partial charge in [0.25, 0.3) is 0 Å². The van der Waals surface area contributed by atoms with E-state index < -0.39 is 6.09 Å². The number of ether oxygens (including phenoxy) is 1. The first-order chi connectivity index (χ1) is 10.7. The number of para-hydroxylation sites is 1. The minimum absolute atomic E-state index is 0.135. The fourth-order valence-electron chi connectivity index (χ4n) is 2.21. The predicted molar refractivity (Wildman–Crippen MR) is 83.3 cm³/mol. The van der Waals surface area contributed by atoms with Gasteiger partial charge in [0.15, 0.2) is 0 Å². The Balaban J connectivity index is 1.67. The van der Waals surface area contributed by atoms with E-state index in [4.69, 9.17) is 4.74 Å². The Morgan fingerprint density at radius 3 is 2.68 bits per heavy atom. The molecule has 0 radical (unpaired) electrons. The highest BCUT2D eigenvalue weighted by Crippen LogP contribution is 2.21. The van der Waals surface area contributed by atoms with Crippen LogP contribution in [0.15, 0.2) is 54.6 Å². The molecule has 1 heterocycles. The molecule has 1 saturated heterocycles. The number of nitrogens with one attached hydrogen (secondary N) is 2. The van der Waals surface area contributed by atoms with Crippen molar-refractivity contribution >= 4 is 23.5 Å². The number of rotatable bonds is 3. The normalized spacial score (nSPS) is 13.6. The minimum Gasteiger partial charge on any atom is -0.410 e. The predicted octanol–water partition coefficient (Wildman–Crippen LogP) is 2.83. The lowest BCUT2D eigenvalue weighted by Crippen LogP contribution is -2.27. The summed E-state index contributed by atoms with van der Waals surface area (Å²) in [4.78, 5) is 25.1. The summed E-state index contributed by atoms with van der Waals surface area (Å²) in [5.74, 6) is 0.468. The average Bonchev–Trinajstić information content (AvgIpc) is 2.94. The van der Waals surface area contributed by atoms with Gasteiger partial charge in [-0.1, -0.05) is 24.3 Å². The molecule has 6 heteroatoms. The third-order valence-electron chi connectivity index (χ3n) is 3.21. The number of amides is 3. The van der Waals surface area contributed by atoms with E-state index in [0.717, 1.165) is 5.69 Å². The summed E-state index contributed by atoms with van der Waals surface area (Å²) in [7, 11) is 0. The molecule has 1 aliphatic heterocycles. The van der Waals surface area contributed by atoms with Crippen molar-refractivity contribution in [2.75, 3.05) is 23.3 Å². The maximum absolute atomic E-state index is 11.9. The molecule has 0 aliphatic carbocycles. The van der Waals surface area contributed by atoms with Crippen LogP contribution in [0.4, 0.5) is 21.0 Å². The Hall–Kier alpha value is -3.02. The molecule has 22 heavy (non-hydrogen) atoms. The van der Waals surface area contributed by atoms with Crippen LogP contribution in [0.5, 0.6) is 5.75 Å². The van der Waals surface area contributed by atoms with Crippen molar-refractivity contribution in [2.45, 2.75) is 0 Å². The van der Waals surface area contributed by atoms with Gasteiger partial charge in [0.2, 0.25) is 0 Å². The van der Waals surface area contributed by atoms with Crippen LogP contribution in [0.3, 0.4) is 0 Å². The lowest BCUT2D eigenvalue weighted by molar-refractivity contribution is 0.215. The summed E-state index contributed by atoms with van der Waals surface area (Å²) in [5.41, 5.74) is 1.30. The van der Waals surface area contributed by atoms with Crippen molar-refractivity contribution in [2.24, 2.45) is 0 Å². The van der Waals surface area contributed by atoms with Gasteiger partial charge >= 0.3 is 12.1 Å². The fraction of sp³-hybridized carbons (Fsp3) is 0.125. The molecular formula is C16H15N3O3. The number of urea groups is 1. The second-order valence-electron chi connectivity index (χ2n) is 4.76. The number of carbonyl (C=O) groups is 2. The first-order valence-corrected chi connectivity index (χ1v) is 6.92. The summed E-state index contributed by atoms with van der Waals surface area (Å²) in [6.07, 6.45) is -0.575. The van der Waals surface area contributed by atoms with E-state index in [9.17, 15) is 9.59 Å². The standard InChI is InChI=1S/C16H15N3O3/c20-15-17-9-10-19(15)13-6-4-5-12(11-13)18-16(21)22-14-7-2-1-3-8-14/h1-8,11H,9-10H2,(H,17,20)(H,18,21). The average molecular weight is 297 g/mol. The van der Waals surface area contributed by atoms with Crippen molar-refractivity contribution in [1.82, 2.24) is 5.32 Å². The second-order valence-corrected chi connectivity index (χ2v) is 4.76. The van der Waals surface area contributed by atoms with Gasteiger partial charge in [0, 0.05) is 24.5 Å². The van der Waals surface area contributed by atoms with Gasteiger partial charge in [0.1, 0.15) is 5.75 Å². The van der Waals surface area contributed by atoms with Crippen molar-refractivity contribution in [3.63, 3.8) is 0 Å². The molecule has 2 N–H and O–H groups in total. The van der Waals surface area contributed by atoms with Gasteiger partial charge in [-0.25, -0.2) is 9.59 Å². The Bertz CT molecular complexity index is 688. The molecular weight excluding hydrogens is 282 g/mol. The molecule has 0 aromatic heterocycles. The van der Waals surface area contributed by atoms with Gasteiger partial charge in [-0.3, -0.25) is 10.2 Å². The van der Waals surface area contributed by atoms with E-state index in [-0.39, 0.29) is 6.03 Å². The molecule has 112 valence electrons. The number of hydrogen-bond donors (Lipinski definition) is 2. The zero-order chi connectivity index (χ0) is 15.4. The van der Waals surface area contributed by atoms with Crippen LogP contribution in [-0.4, -0.2) is 25.2 Å². The van der Waals surface area contributed by atoms with Gasteiger partial charge in [-0.05, 0) is 30.3 Å². The van der Waals surface area contributed by atoms with Crippen molar-refractivity contribution < 1.29 is 14.3 Å². The Kier molecular flexibility index (Phi) is 3.91. The highest BCUT2D eigenvalue weighted by atomic mass is 16.6. The van der Waals surface area contributed by atoms with E-state index in [0.29, 0.717) is 24.5 Å². The topological polar surface area (TPSA) is 70.7 Å². The second kappa shape index (κ2) is 6.17. The largest absolute Gasteiger partial charge is 0.417 e. The monoisotopic (exact) mass is 297 g/mol. The molecule has 0 spiro atoms. The molecule has 2 aromatic carbocycles. The first-order valence-electron chi connectivity index (χ1n) is 6.92. The Morgan fingerprint density at radius 1 is 1.14 bits per heavy atom. The third-order valence-corrected chi connectivity index (χ3v) is 3.21. The van der Waals surface area contributed by atoms with Crippen LogP contribution in [0.2, 0.25) is 0 Å². The number of hydrogen-bond acceptors (Lipinski definition) is 3. The summed E-state index contributed by atoms with van der Waals surface area (Å²) in [6, 6.07) is 15.7. The van der Waals surface area contributed by atoms with Gasteiger partial charge < -0.3 is 10.1 Å². The van der Waals surface area contributed by atoms with Crippen molar-refractivity contribution in [3.8, 4) is 5.75 Å². The molecule has 3 rings (SSSR count). The molecule has 0 saturated carbocycles. The highest BCUT2D eigenvalue weighted by Gasteiger charge is 2.21. The van der Waals surface area contributed by atoms with Crippen LogP contribution in [0.1, 0.15) is 0 Å². The molecule has 1 fully saturated rings.